The standard InChI is InChI=1S/C24H24N2OS2/c1-16-13-21-22(14-17(16)2)29-24(26(21)11-12-28-3)25-23(27)15-19-9-6-8-18-7-4-5-10-20(18)19/h4-10,13-14H,11-12,15H2,1-3H3. The van der Waals surface area contributed by atoms with Crippen molar-refractivity contribution in [3.63, 3.8) is 0 Å². The van der Waals surface area contributed by atoms with Gasteiger partial charge < -0.3 is 4.57 Å². The minimum absolute atomic E-state index is 0.0979. The highest BCUT2D eigenvalue weighted by Gasteiger charge is 2.11. The van der Waals surface area contributed by atoms with Crippen molar-refractivity contribution < 1.29 is 4.79 Å². The molecule has 0 N–H and O–H groups in total. The molecule has 0 bridgehead atoms. The predicted molar refractivity (Wildman–Crippen MR) is 126 cm³/mol. The fraction of sp³-hybridized carbons (Fsp3) is 0.250. The lowest BCUT2D eigenvalue weighted by Crippen LogP contribution is -2.18. The summed E-state index contributed by atoms with van der Waals surface area (Å²) in [5, 5.41) is 2.28. The Morgan fingerprint density at radius 3 is 2.66 bits per heavy atom. The van der Waals surface area contributed by atoms with Gasteiger partial charge in [0.05, 0.1) is 16.6 Å². The van der Waals surface area contributed by atoms with Crippen LogP contribution in [-0.2, 0) is 17.8 Å². The van der Waals surface area contributed by atoms with E-state index in [-0.39, 0.29) is 5.91 Å². The molecule has 0 aliphatic rings. The predicted octanol–water partition coefficient (Wildman–Crippen LogP) is 5.51. The lowest BCUT2D eigenvalue weighted by molar-refractivity contribution is -0.117. The van der Waals surface area contributed by atoms with Crippen molar-refractivity contribution >= 4 is 50.0 Å². The molecule has 1 heterocycles. The number of aryl methyl sites for hydroxylation is 3. The fourth-order valence-corrected chi connectivity index (χ4v) is 5.08. The van der Waals surface area contributed by atoms with Gasteiger partial charge in [0, 0.05) is 12.3 Å². The highest BCUT2D eigenvalue weighted by atomic mass is 32.2. The summed E-state index contributed by atoms with van der Waals surface area (Å²) in [4.78, 5) is 18.2. The molecule has 148 valence electrons. The maximum absolute atomic E-state index is 12.9. The monoisotopic (exact) mass is 420 g/mol. The SMILES string of the molecule is CSCCn1c(=NC(=O)Cc2cccc3ccccc23)sc2cc(C)c(C)cc21. The van der Waals surface area contributed by atoms with Gasteiger partial charge in [-0.05, 0) is 59.7 Å². The van der Waals surface area contributed by atoms with Crippen LogP contribution in [0.25, 0.3) is 21.0 Å². The summed E-state index contributed by atoms with van der Waals surface area (Å²) in [6.07, 6.45) is 2.42. The molecule has 3 aromatic carbocycles. The number of carbonyl (C=O) groups excluding carboxylic acids is 1. The lowest BCUT2D eigenvalue weighted by atomic mass is 10.0. The summed E-state index contributed by atoms with van der Waals surface area (Å²) in [7, 11) is 0. The van der Waals surface area contributed by atoms with E-state index in [4.69, 9.17) is 0 Å². The van der Waals surface area contributed by atoms with Crippen LogP contribution in [0.4, 0.5) is 0 Å². The second-order valence-corrected chi connectivity index (χ2v) is 9.25. The number of nitrogens with zero attached hydrogens (tertiary/aromatic N) is 2. The zero-order valence-electron chi connectivity index (χ0n) is 16.9. The van der Waals surface area contributed by atoms with Crippen molar-refractivity contribution in [3.05, 3.63) is 76.1 Å². The average molecular weight is 421 g/mol. The molecule has 1 aromatic heterocycles. The summed E-state index contributed by atoms with van der Waals surface area (Å²) < 4.78 is 3.38. The summed E-state index contributed by atoms with van der Waals surface area (Å²) >= 11 is 3.41. The highest BCUT2D eigenvalue weighted by molar-refractivity contribution is 7.98. The Labute approximate surface area is 179 Å². The van der Waals surface area contributed by atoms with E-state index >= 15 is 0 Å². The Hall–Kier alpha value is -2.37. The van der Waals surface area contributed by atoms with E-state index < -0.39 is 0 Å². The number of thioether (sulfide) groups is 1. The van der Waals surface area contributed by atoms with E-state index in [1.165, 1.54) is 21.3 Å². The molecule has 0 aliphatic heterocycles. The van der Waals surface area contributed by atoms with Crippen LogP contribution in [0.1, 0.15) is 16.7 Å². The van der Waals surface area contributed by atoms with Crippen LogP contribution >= 0.6 is 23.1 Å². The van der Waals surface area contributed by atoms with Crippen LogP contribution in [0.2, 0.25) is 0 Å². The lowest BCUT2D eigenvalue weighted by Gasteiger charge is -2.06. The van der Waals surface area contributed by atoms with Crippen molar-refractivity contribution in [2.24, 2.45) is 4.99 Å². The fourth-order valence-electron chi connectivity index (χ4n) is 3.56. The molecular weight excluding hydrogens is 396 g/mol. The van der Waals surface area contributed by atoms with Crippen LogP contribution in [0.15, 0.2) is 59.6 Å². The number of benzene rings is 3. The number of amides is 1. The van der Waals surface area contributed by atoms with Crippen molar-refractivity contribution in [2.45, 2.75) is 26.8 Å². The van der Waals surface area contributed by atoms with Gasteiger partial charge in [-0.2, -0.15) is 16.8 Å². The molecule has 1 amide bonds. The van der Waals surface area contributed by atoms with Crippen molar-refractivity contribution in [3.8, 4) is 0 Å². The van der Waals surface area contributed by atoms with Crippen LogP contribution in [0.5, 0.6) is 0 Å². The van der Waals surface area contributed by atoms with E-state index in [2.05, 4.69) is 60.0 Å². The van der Waals surface area contributed by atoms with Gasteiger partial charge in [0.25, 0.3) is 5.91 Å². The first-order valence-electron chi connectivity index (χ1n) is 9.70. The van der Waals surface area contributed by atoms with E-state index in [9.17, 15) is 4.79 Å². The maximum Gasteiger partial charge on any atom is 0.252 e. The number of carbonyl (C=O) groups is 1. The molecule has 29 heavy (non-hydrogen) atoms. The van der Waals surface area contributed by atoms with Gasteiger partial charge >= 0.3 is 0 Å². The third kappa shape index (κ3) is 4.16. The topological polar surface area (TPSA) is 34.4 Å². The summed E-state index contributed by atoms with van der Waals surface area (Å²) in [6.45, 7) is 5.11. The Kier molecular flexibility index (Phi) is 5.88. The van der Waals surface area contributed by atoms with Gasteiger partial charge in [-0.3, -0.25) is 4.79 Å². The molecule has 0 radical (unpaired) electrons. The van der Waals surface area contributed by atoms with Crippen molar-refractivity contribution in [1.29, 1.82) is 0 Å². The number of rotatable bonds is 5. The molecule has 4 aromatic rings. The molecule has 3 nitrogen and oxygen atoms in total. The molecule has 0 unspecified atom stereocenters. The molecule has 0 saturated carbocycles. The van der Waals surface area contributed by atoms with Gasteiger partial charge in [-0.25, -0.2) is 0 Å². The highest BCUT2D eigenvalue weighted by Crippen LogP contribution is 2.23. The van der Waals surface area contributed by atoms with Crippen LogP contribution in [-0.4, -0.2) is 22.5 Å². The number of aromatic nitrogens is 1. The molecule has 4 rings (SSSR count). The largest absolute Gasteiger partial charge is 0.316 e. The van der Waals surface area contributed by atoms with E-state index in [0.29, 0.717) is 6.42 Å². The number of thiazole rings is 1. The van der Waals surface area contributed by atoms with Crippen LogP contribution in [0, 0.1) is 13.8 Å². The number of hydrogen-bond acceptors (Lipinski definition) is 3. The second-order valence-electron chi connectivity index (χ2n) is 7.25. The zero-order valence-corrected chi connectivity index (χ0v) is 18.6. The minimum Gasteiger partial charge on any atom is -0.316 e. The first kappa shape index (κ1) is 19.9. The first-order chi connectivity index (χ1) is 14.1. The number of fused-ring (bicyclic) bond motifs is 2. The van der Waals surface area contributed by atoms with Crippen molar-refractivity contribution in [1.82, 2.24) is 4.57 Å². The van der Waals surface area contributed by atoms with Crippen LogP contribution < -0.4 is 4.80 Å². The summed E-state index contributed by atoms with van der Waals surface area (Å²) in [6, 6.07) is 18.7. The minimum atomic E-state index is -0.0979. The molecule has 5 heteroatoms. The van der Waals surface area contributed by atoms with Gasteiger partial charge in [-0.15, -0.1) is 0 Å². The third-order valence-electron chi connectivity index (χ3n) is 5.26. The molecule has 0 aliphatic carbocycles. The van der Waals surface area contributed by atoms with Gasteiger partial charge in [0.2, 0.25) is 0 Å². The van der Waals surface area contributed by atoms with Gasteiger partial charge in [0.1, 0.15) is 0 Å². The average Bonchev–Trinajstić information content (AvgIpc) is 3.02. The van der Waals surface area contributed by atoms with Gasteiger partial charge in [0.15, 0.2) is 4.80 Å². The van der Waals surface area contributed by atoms with E-state index in [1.807, 2.05) is 24.3 Å². The molecule has 0 spiro atoms. The summed E-state index contributed by atoms with van der Waals surface area (Å²) in [5.41, 5.74) is 4.73. The molecule has 0 saturated heterocycles. The summed E-state index contributed by atoms with van der Waals surface area (Å²) in [5.74, 6) is 0.892. The quantitative estimate of drug-likeness (QED) is 0.427. The third-order valence-corrected chi connectivity index (χ3v) is 6.89. The Morgan fingerprint density at radius 1 is 1.07 bits per heavy atom. The molecular formula is C24H24N2OS2. The Balaban J connectivity index is 1.75. The van der Waals surface area contributed by atoms with E-state index in [0.717, 1.165) is 33.4 Å². The molecule has 0 atom stereocenters. The van der Waals surface area contributed by atoms with Gasteiger partial charge in [-0.1, -0.05) is 53.8 Å². The second kappa shape index (κ2) is 8.56. The Bertz CT molecular complexity index is 1260. The van der Waals surface area contributed by atoms with E-state index in [1.54, 1.807) is 23.1 Å². The zero-order chi connectivity index (χ0) is 20.4. The molecule has 0 fully saturated rings. The number of hydrogen-bond donors (Lipinski definition) is 0. The van der Waals surface area contributed by atoms with Crippen LogP contribution in [0.3, 0.4) is 0 Å². The maximum atomic E-state index is 12.9. The normalized spacial score (nSPS) is 12.2. The Morgan fingerprint density at radius 2 is 1.83 bits per heavy atom. The first-order valence-corrected chi connectivity index (χ1v) is 11.9. The van der Waals surface area contributed by atoms with Crippen molar-refractivity contribution in [2.75, 3.05) is 12.0 Å². The smallest absolute Gasteiger partial charge is 0.252 e.